The smallest absolute Gasteiger partial charge is 0.273 e. The van der Waals surface area contributed by atoms with Crippen molar-refractivity contribution in [3.63, 3.8) is 0 Å². The van der Waals surface area contributed by atoms with Gasteiger partial charge in [-0.1, -0.05) is 30.3 Å². The number of hydrogen-bond donors (Lipinski definition) is 1. The van der Waals surface area contributed by atoms with Crippen molar-refractivity contribution in [1.82, 2.24) is 9.88 Å². The number of ether oxygens (including phenoxy) is 1. The van der Waals surface area contributed by atoms with Crippen LogP contribution in [0.25, 0.3) is 11.1 Å². The molecule has 0 fully saturated rings. The quantitative estimate of drug-likeness (QED) is 0.595. The lowest BCUT2D eigenvalue weighted by Gasteiger charge is -2.35. The summed E-state index contributed by atoms with van der Waals surface area (Å²) >= 11 is 0. The molecule has 31 heavy (non-hydrogen) atoms. The first-order valence-corrected chi connectivity index (χ1v) is 10.7. The summed E-state index contributed by atoms with van der Waals surface area (Å²) in [6.07, 6.45) is 1.75. The topological polar surface area (TPSA) is 54.5 Å². The average Bonchev–Trinajstić information content (AvgIpc) is 2.77. The van der Waals surface area contributed by atoms with Crippen LogP contribution in [0.4, 0.5) is 5.69 Å². The second-order valence-electron chi connectivity index (χ2n) is 8.42. The Kier molecular flexibility index (Phi) is 5.68. The molecule has 5 nitrogen and oxygen atoms in total. The fourth-order valence-corrected chi connectivity index (χ4v) is 4.50. The van der Waals surface area contributed by atoms with Gasteiger partial charge in [-0.3, -0.25) is 9.78 Å². The predicted molar refractivity (Wildman–Crippen MR) is 125 cm³/mol. The van der Waals surface area contributed by atoms with E-state index >= 15 is 0 Å². The summed E-state index contributed by atoms with van der Waals surface area (Å²) in [5.74, 6) is 0.735. The highest BCUT2D eigenvalue weighted by Gasteiger charge is 2.33. The molecule has 1 unspecified atom stereocenters. The molecule has 2 heterocycles. The number of nitrogens with zero attached hydrogens (tertiary/aromatic N) is 2. The second kappa shape index (κ2) is 8.42. The molecule has 2 aromatic carbocycles. The third kappa shape index (κ3) is 3.76. The number of para-hydroxylation sites is 1. The molecule has 0 spiro atoms. The Bertz CT molecular complexity index is 1100. The lowest BCUT2D eigenvalue weighted by molar-refractivity contribution is 0.0636. The first-order valence-electron chi connectivity index (χ1n) is 10.7. The lowest BCUT2D eigenvalue weighted by Crippen LogP contribution is -2.43. The van der Waals surface area contributed by atoms with Crippen LogP contribution >= 0.6 is 0 Å². The van der Waals surface area contributed by atoms with E-state index < -0.39 is 0 Å². The summed E-state index contributed by atoms with van der Waals surface area (Å²) in [4.78, 5) is 20.2. The Morgan fingerprint density at radius 1 is 1.00 bits per heavy atom. The van der Waals surface area contributed by atoms with Crippen LogP contribution < -0.4 is 10.1 Å². The monoisotopic (exact) mass is 415 g/mol. The maximum atomic E-state index is 13.7. The molecule has 4 rings (SSSR count). The zero-order valence-corrected chi connectivity index (χ0v) is 18.7. The fourth-order valence-electron chi connectivity index (χ4n) is 4.50. The van der Waals surface area contributed by atoms with Crippen molar-refractivity contribution in [3.8, 4) is 16.9 Å². The summed E-state index contributed by atoms with van der Waals surface area (Å²) < 4.78 is 5.46. The van der Waals surface area contributed by atoms with E-state index in [1.807, 2.05) is 69.0 Å². The molecular weight excluding hydrogens is 386 g/mol. The number of methoxy groups -OCH3 is 1. The fraction of sp³-hybridized carbons (Fsp3) is 0.308. The van der Waals surface area contributed by atoms with Crippen molar-refractivity contribution in [2.24, 2.45) is 0 Å². The number of rotatable bonds is 5. The summed E-state index contributed by atoms with van der Waals surface area (Å²) in [6.45, 7) is 8.17. The summed E-state index contributed by atoms with van der Waals surface area (Å²) in [7, 11) is 1.66. The molecule has 1 aromatic heterocycles. The van der Waals surface area contributed by atoms with Gasteiger partial charge in [0.05, 0.1) is 13.2 Å². The first-order chi connectivity index (χ1) is 14.9. The first kappa shape index (κ1) is 20.9. The summed E-state index contributed by atoms with van der Waals surface area (Å²) in [5.41, 5.74) is 5.58. The number of fused-ring (bicyclic) bond motifs is 3. The van der Waals surface area contributed by atoms with Gasteiger partial charge in [0.1, 0.15) is 11.4 Å². The molecule has 160 valence electrons. The van der Waals surface area contributed by atoms with Crippen LogP contribution in [0.1, 0.15) is 55.4 Å². The van der Waals surface area contributed by atoms with Crippen LogP contribution in [0.3, 0.4) is 0 Å². The van der Waals surface area contributed by atoms with Crippen molar-refractivity contribution >= 4 is 11.6 Å². The molecule has 0 saturated heterocycles. The maximum absolute atomic E-state index is 13.7. The van der Waals surface area contributed by atoms with Crippen LogP contribution in [0.2, 0.25) is 0 Å². The number of benzene rings is 2. The number of hydrogen-bond acceptors (Lipinski definition) is 4. The van der Waals surface area contributed by atoms with Gasteiger partial charge in [0.25, 0.3) is 5.91 Å². The molecule has 5 heteroatoms. The van der Waals surface area contributed by atoms with E-state index in [1.54, 1.807) is 13.3 Å². The van der Waals surface area contributed by atoms with Crippen molar-refractivity contribution in [1.29, 1.82) is 0 Å². The van der Waals surface area contributed by atoms with Crippen molar-refractivity contribution in [2.45, 2.75) is 45.8 Å². The van der Waals surface area contributed by atoms with Gasteiger partial charge >= 0.3 is 0 Å². The molecule has 1 aliphatic heterocycles. The minimum Gasteiger partial charge on any atom is -0.497 e. The standard InChI is InChI=1S/C26H29N3O2/c1-16(2)29(17(3)4)26(30)25-23-21(13-14-27-25)20-11-6-7-12-22(20)28-24(23)18-9-8-10-19(15-18)31-5/h6-17,24,28H,1-5H3. The van der Waals surface area contributed by atoms with Gasteiger partial charge in [-0.05, 0) is 63.1 Å². The number of amides is 1. The largest absolute Gasteiger partial charge is 0.497 e. The van der Waals surface area contributed by atoms with E-state index in [1.165, 1.54) is 0 Å². The molecule has 1 atom stereocenters. The van der Waals surface area contributed by atoms with E-state index in [4.69, 9.17) is 4.74 Å². The molecule has 1 amide bonds. The van der Waals surface area contributed by atoms with Crippen molar-refractivity contribution in [3.05, 3.63) is 77.6 Å². The normalized spacial score (nSPS) is 14.6. The van der Waals surface area contributed by atoms with Gasteiger partial charge in [0.2, 0.25) is 0 Å². The number of carbonyl (C=O) groups is 1. The van der Waals surface area contributed by atoms with Gasteiger partial charge in [0.15, 0.2) is 0 Å². The highest BCUT2D eigenvalue weighted by molar-refractivity contribution is 5.98. The minimum atomic E-state index is -0.214. The summed E-state index contributed by atoms with van der Waals surface area (Å²) in [6, 6.07) is 18.1. The predicted octanol–water partition coefficient (Wildman–Crippen LogP) is 5.53. The molecule has 0 saturated carbocycles. The van der Waals surface area contributed by atoms with Gasteiger partial charge in [-0.25, -0.2) is 0 Å². The molecule has 0 radical (unpaired) electrons. The van der Waals surface area contributed by atoms with Gasteiger partial charge in [-0.15, -0.1) is 0 Å². The Balaban J connectivity index is 1.94. The van der Waals surface area contributed by atoms with Crippen molar-refractivity contribution in [2.75, 3.05) is 12.4 Å². The van der Waals surface area contributed by atoms with E-state index in [-0.39, 0.29) is 24.0 Å². The zero-order chi connectivity index (χ0) is 22.1. The number of carbonyl (C=O) groups excluding carboxylic acids is 1. The zero-order valence-electron chi connectivity index (χ0n) is 18.7. The van der Waals surface area contributed by atoms with E-state index in [0.717, 1.165) is 33.7 Å². The molecule has 1 aliphatic rings. The molecule has 1 N–H and O–H groups in total. The van der Waals surface area contributed by atoms with E-state index in [0.29, 0.717) is 5.69 Å². The Hall–Kier alpha value is -3.34. The van der Waals surface area contributed by atoms with Crippen LogP contribution in [0, 0.1) is 0 Å². The molecule has 0 aliphatic carbocycles. The van der Waals surface area contributed by atoms with Crippen LogP contribution in [0.15, 0.2) is 60.8 Å². The van der Waals surface area contributed by atoms with E-state index in [9.17, 15) is 4.79 Å². The second-order valence-corrected chi connectivity index (χ2v) is 8.42. The van der Waals surface area contributed by atoms with Gasteiger partial charge in [-0.2, -0.15) is 0 Å². The third-order valence-electron chi connectivity index (χ3n) is 5.77. The lowest BCUT2D eigenvalue weighted by atomic mass is 9.85. The Morgan fingerprint density at radius 3 is 2.45 bits per heavy atom. The Morgan fingerprint density at radius 2 is 1.74 bits per heavy atom. The van der Waals surface area contributed by atoms with Crippen LogP contribution in [0.5, 0.6) is 5.75 Å². The summed E-state index contributed by atoms with van der Waals surface area (Å²) in [5, 5.41) is 3.65. The maximum Gasteiger partial charge on any atom is 0.273 e. The van der Waals surface area contributed by atoms with Gasteiger partial charge < -0.3 is 15.0 Å². The van der Waals surface area contributed by atoms with Crippen LogP contribution in [-0.2, 0) is 0 Å². The Labute approximate surface area is 184 Å². The van der Waals surface area contributed by atoms with Crippen LogP contribution in [-0.4, -0.2) is 35.0 Å². The number of nitrogens with one attached hydrogen (secondary N) is 1. The third-order valence-corrected chi connectivity index (χ3v) is 5.77. The minimum absolute atomic E-state index is 0.0454. The highest BCUT2D eigenvalue weighted by atomic mass is 16.5. The number of anilines is 1. The average molecular weight is 416 g/mol. The number of pyridine rings is 1. The SMILES string of the molecule is COc1cccc(C2Nc3ccccc3-c3ccnc(C(=O)N(C(C)C)C(C)C)c32)c1. The molecule has 0 bridgehead atoms. The molecule has 3 aromatic rings. The van der Waals surface area contributed by atoms with E-state index in [2.05, 4.69) is 28.5 Å². The number of aromatic nitrogens is 1. The highest BCUT2D eigenvalue weighted by Crippen LogP contribution is 2.44. The molecular formula is C26H29N3O2. The van der Waals surface area contributed by atoms with Crippen molar-refractivity contribution < 1.29 is 9.53 Å². The van der Waals surface area contributed by atoms with Gasteiger partial charge in [0, 0.05) is 35.1 Å².